The molecule has 0 fully saturated rings. The number of nitriles is 1. The molecule has 4 nitrogen and oxygen atoms in total. The Hall–Kier alpha value is -2.15. The number of aryl methyl sites for hydroxylation is 1. The molecular weight excluding hydrogens is 204 g/mol. The number of hydrogen-bond acceptors (Lipinski definition) is 3. The maximum absolute atomic E-state index is 11.4. The third-order valence-corrected chi connectivity index (χ3v) is 2.79. The van der Waals surface area contributed by atoms with E-state index in [4.69, 9.17) is 5.26 Å². The largest absolute Gasteiger partial charge is 0.315 e. The maximum Gasteiger partial charge on any atom is 0.262 e. The minimum Gasteiger partial charge on any atom is -0.315 e. The molecule has 1 aliphatic heterocycles. The fourth-order valence-electron chi connectivity index (χ4n) is 1.86. The Balaban J connectivity index is 2.45. The Morgan fingerprint density at radius 2 is 2.19 bits per heavy atom. The summed E-state index contributed by atoms with van der Waals surface area (Å²) < 4.78 is 0. The van der Waals surface area contributed by atoms with Gasteiger partial charge in [-0.05, 0) is 30.2 Å². The number of nitrogens with zero attached hydrogens (tertiary/aromatic N) is 2. The molecule has 0 aliphatic carbocycles. The highest BCUT2D eigenvalue weighted by Gasteiger charge is 2.21. The average molecular weight is 214 g/mol. The van der Waals surface area contributed by atoms with Gasteiger partial charge >= 0.3 is 0 Å². The monoisotopic (exact) mass is 214 g/mol. The number of carbonyl (C=O) groups is 2. The van der Waals surface area contributed by atoms with E-state index in [-0.39, 0.29) is 5.91 Å². The van der Waals surface area contributed by atoms with Gasteiger partial charge in [0, 0.05) is 24.7 Å². The summed E-state index contributed by atoms with van der Waals surface area (Å²) >= 11 is 0. The molecular formula is C12H10N2O2. The van der Waals surface area contributed by atoms with Crippen LogP contribution in [0, 0.1) is 11.3 Å². The minimum absolute atomic E-state index is 0.0758. The normalized spacial score (nSPS) is 14.2. The Kier molecular flexibility index (Phi) is 2.45. The smallest absolute Gasteiger partial charge is 0.262 e. The summed E-state index contributed by atoms with van der Waals surface area (Å²) in [6.45, 7) is 0. The molecule has 0 atom stereocenters. The lowest BCUT2D eigenvalue weighted by molar-refractivity contribution is -0.118. The first-order chi connectivity index (χ1) is 7.63. The van der Waals surface area contributed by atoms with E-state index in [9.17, 15) is 9.59 Å². The molecule has 0 saturated carbocycles. The number of carbonyl (C=O) groups excluding carboxylic acids is 2. The van der Waals surface area contributed by atoms with Crippen molar-refractivity contribution in [2.75, 3.05) is 11.9 Å². The van der Waals surface area contributed by atoms with Crippen LogP contribution in [-0.2, 0) is 11.2 Å². The second kappa shape index (κ2) is 3.78. The fraction of sp³-hybridized carbons (Fsp3) is 0.250. The fourth-order valence-corrected chi connectivity index (χ4v) is 1.86. The SMILES string of the molecule is CN1C(=O)CCc2cc(C(=O)C#N)ccc21. The third-order valence-electron chi connectivity index (χ3n) is 2.79. The molecule has 0 radical (unpaired) electrons. The molecule has 0 aromatic heterocycles. The molecule has 0 bridgehead atoms. The van der Waals surface area contributed by atoms with Gasteiger partial charge in [0.2, 0.25) is 5.91 Å². The highest BCUT2D eigenvalue weighted by Crippen LogP contribution is 2.27. The van der Waals surface area contributed by atoms with Crippen LogP contribution in [0.4, 0.5) is 5.69 Å². The van der Waals surface area contributed by atoms with E-state index in [1.54, 1.807) is 36.2 Å². The second-order valence-electron chi connectivity index (χ2n) is 3.74. The first kappa shape index (κ1) is 10.4. The predicted molar refractivity (Wildman–Crippen MR) is 58.1 cm³/mol. The molecule has 1 amide bonds. The first-order valence-corrected chi connectivity index (χ1v) is 4.97. The summed E-state index contributed by atoms with van der Waals surface area (Å²) in [4.78, 5) is 24.2. The van der Waals surface area contributed by atoms with Crippen LogP contribution in [0.1, 0.15) is 22.3 Å². The Morgan fingerprint density at radius 1 is 1.44 bits per heavy atom. The molecule has 0 spiro atoms. The van der Waals surface area contributed by atoms with Crippen molar-refractivity contribution >= 4 is 17.4 Å². The lowest BCUT2D eigenvalue weighted by Crippen LogP contribution is -2.31. The van der Waals surface area contributed by atoms with Crippen molar-refractivity contribution in [1.82, 2.24) is 0 Å². The highest BCUT2D eigenvalue weighted by molar-refractivity contribution is 6.08. The summed E-state index contributed by atoms with van der Waals surface area (Å²) in [5.74, 6) is -0.464. The van der Waals surface area contributed by atoms with Crippen molar-refractivity contribution < 1.29 is 9.59 Å². The zero-order valence-corrected chi connectivity index (χ0v) is 8.86. The van der Waals surface area contributed by atoms with Gasteiger partial charge < -0.3 is 4.90 Å². The summed E-state index contributed by atoms with van der Waals surface area (Å²) in [5, 5.41) is 8.52. The van der Waals surface area contributed by atoms with Crippen LogP contribution in [-0.4, -0.2) is 18.7 Å². The molecule has 1 aliphatic rings. The number of fused-ring (bicyclic) bond motifs is 1. The lowest BCUT2D eigenvalue weighted by atomic mass is 9.98. The van der Waals surface area contributed by atoms with Crippen molar-refractivity contribution in [1.29, 1.82) is 5.26 Å². The summed E-state index contributed by atoms with van der Waals surface area (Å²) in [5.41, 5.74) is 2.16. The Labute approximate surface area is 93.1 Å². The van der Waals surface area contributed by atoms with Gasteiger partial charge in [-0.15, -0.1) is 0 Å². The molecule has 0 N–H and O–H groups in total. The van der Waals surface area contributed by atoms with E-state index in [1.165, 1.54) is 0 Å². The predicted octanol–water partition coefficient (Wildman–Crippen LogP) is 1.30. The van der Waals surface area contributed by atoms with Crippen molar-refractivity contribution in [2.45, 2.75) is 12.8 Å². The van der Waals surface area contributed by atoms with Crippen molar-refractivity contribution in [3.05, 3.63) is 29.3 Å². The molecule has 16 heavy (non-hydrogen) atoms. The number of anilines is 1. The quantitative estimate of drug-likeness (QED) is 0.523. The van der Waals surface area contributed by atoms with Gasteiger partial charge in [-0.3, -0.25) is 9.59 Å². The number of hydrogen-bond donors (Lipinski definition) is 0. The second-order valence-corrected chi connectivity index (χ2v) is 3.74. The zero-order chi connectivity index (χ0) is 11.7. The van der Waals surface area contributed by atoms with E-state index in [0.29, 0.717) is 18.4 Å². The molecule has 1 aromatic rings. The van der Waals surface area contributed by atoms with Gasteiger partial charge in [-0.2, -0.15) is 5.26 Å². The minimum atomic E-state index is -0.539. The van der Waals surface area contributed by atoms with E-state index in [2.05, 4.69) is 0 Å². The standard InChI is InChI=1S/C12H10N2O2/c1-14-10-4-2-9(11(15)7-13)6-8(10)3-5-12(14)16/h2,4,6H,3,5H2,1H3. The van der Waals surface area contributed by atoms with E-state index in [0.717, 1.165) is 11.3 Å². The molecule has 80 valence electrons. The van der Waals surface area contributed by atoms with Crippen LogP contribution >= 0.6 is 0 Å². The number of ketones is 1. The van der Waals surface area contributed by atoms with E-state index < -0.39 is 5.78 Å². The highest BCUT2D eigenvalue weighted by atomic mass is 16.2. The molecule has 0 unspecified atom stereocenters. The summed E-state index contributed by atoms with van der Waals surface area (Å²) in [6, 6.07) is 6.59. The van der Waals surface area contributed by atoms with E-state index >= 15 is 0 Å². The van der Waals surface area contributed by atoms with Crippen molar-refractivity contribution in [3.8, 4) is 6.07 Å². The summed E-state index contributed by atoms with van der Waals surface area (Å²) in [7, 11) is 1.71. The zero-order valence-electron chi connectivity index (χ0n) is 8.86. The van der Waals surface area contributed by atoms with Crippen molar-refractivity contribution in [2.24, 2.45) is 0 Å². The van der Waals surface area contributed by atoms with Gasteiger partial charge in [-0.1, -0.05) is 0 Å². The van der Waals surface area contributed by atoms with Gasteiger partial charge in [0.1, 0.15) is 6.07 Å². The van der Waals surface area contributed by atoms with Gasteiger partial charge in [-0.25, -0.2) is 0 Å². The molecule has 1 heterocycles. The Morgan fingerprint density at radius 3 is 2.88 bits per heavy atom. The van der Waals surface area contributed by atoms with Crippen LogP contribution in [0.2, 0.25) is 0 Å². The lowest BCUT2D eigenvalue weighted by Gasteiger charge is -2.25. The number of Topliss-reactive ketones (excluding diaryl/α,β-unsaturated/α-hetero) is 1. The number of rotatable bonds is 1. The van der Waals surface area contributed by atoms with Crippen LogP contribution in [0.3, 0.4) is 0 Å². The van der Waals surface area contributed by atoms with E-state index in [1.807, 2.05) is 0 Å². The number of benzene rings is 1. The third kappa shape index (κ3) is 1.57. The molecule has 4 heteroatoms. The molecule has 2 rings (SSSR count). The Bertz CT molecular complexity index is 514. The van der Waals surface area contributed by atoms with Crippen LogP contribution in [0.15, 0.2) is 18.2 Å². The van der Waals surface area contributed by atoms with Gasteiger partial charge in [0.05, 0.1) is 0 Å². The average Bonchev–Trinajstić information content (AvgIpc) is 2.32. The van der Waals surface area contributed by atoms with Crippen LogP contribution in [0.5, 0.6) is 0 Å². The van der Waals surface area contributed by atoms with Gasteiger partial charge in [0.15, 0.2) is 0 Å². The molecule has 0 saturated heterocycles. The molecule has 1 aromatic carbocycles. The van der Waals surface area contributed by atoms with Crippen molar-refractivity contribution in [3.63, 3.8) is 0 Å². The van der Waals surface area contributed by atoms with Crippen LogP contribution < -0.4 is 4.90 Å². The topological polar surface area (TPSA) is 61.2 Å². The first-order valence-electron chi connectivity index (χ1n) is 4.97. The van der Waals surface area contributed by atoms with Crippen LogP contribution in [0.25, 0.3) is 0 Å². The maximum atomic E-state index is 11.4. The summed E-state index contributed by atoms with van der Waals surface area (Å²) in [6.07, 6.45) is 1.08. The van der Waals surface area contributed by atoms with Gasteiger partial charge in [0.25, 0.3) is 5.78 Å². The number of amides is 1.